The number of rotatable bonds is 9. The van der Waals surface area contributed by atoms with Crippen molar-refractivity contribution in [3.63, 3.8) is 0 Å². The van der Waals surface area contributed by atoms with Gasteiger partial charge in [0.05, 0.1) is 12.6 Å². The molecule has 7 heteroatoms. The van der Waals surface area contributed by atoms with Crippen LogP contribution in [-0.4, -0.2) is 45.6 Å². The van der Waals surface area contributed by atoms with E-state index >= 15 is 0 Å². The maximum Gasteiger partial charge on any atom is 0.325 e. The average molecular weight is 371 g/mol. The van der Waals surface area contributed by atoms with E-state index in [1.807, 2.05) is 5.06 Å². The third-order valence-corrected chi connectivity index (χ3v) is 5.13. The molecular weight excluding hydrogens is 332 g/mol. The molecule has 0 aliphatic carbocycles. The molecule has 1 aliphatic heterocycles. The molecule has 7 nitrogen and oxygen atoms in total. The molecule has 4 N–H and O–H groups in total. The number of hydrogen-bond donors (Lipinski definition) is 2. The van der Waals surface area contributed by atoms with Crippen LogP contribution in [0.15, 0.2) is 0 Å². The monoisotopic (exact) mass is 370 g/mol. The molecule has 0 saturated carbocycles. The lowest BCUT2D eigenvalue weighted by Crippen LogP contribution is -2.66. The van der Waals surface area contributed by atoms with Crippen LogP contribution in [0, 0.1) is 0 Å². The second-order valence-corrected chi connectivity index (χ2v) is 8.66. The number of piperidine rings is 1. The van der Waals surface area contributed by atoms with E-state index in [-0.39, 0.29) is 17.1 Å². The first-order valence-electron chi connectivity index (χ1n) is 9.84. The van der Waals surface area contributed by atoms with E-state index < -0.39 is 11.8 Å². The number of hydrogen-bond acceptors (Lipinski definition) is 5. The van der Waals surface area contributed by atoms with Crippen LogP contribution in [0.4, 0.5) is 0 Å². The van der Waals surface area contributed by atoms with E-state index in [0.717, 1.165) is 11.4 Å². The number of hydroxylamine groups is 2. The first-order valence-corrected chi connectivity index (χ1v) is 9.84. The highest BCUT2D eigenvalue weighted by Crippen LogP contribution is 2.40. The van der Waals surface area contributed by atoms with E-state index in [4.69, 9.17) is 16.4 Å². The number of nitrogens with two attached hydrogens (primary N) is 2. The van der Waals surface area contributed by atoms with Crippen LogP contribution in [0.3, 0.4) is 0 Å². The van der Waals surface area contributed by atoms with Crippen molar-refractivity contribution in [2.45, 2.75) is 103 Å². The molecule has 2 amide bonds. The van der Waals surface area contributed by atoms with Gasteiger partial charge in [0.1, 0.15) is 0 Å². The zero-order valence-corrected chi connectivity index (χ0v) is 17.2. The highest BCUT2D eigenvalue weighted by atomic mass is 16.7. The molecule has 1 saturated heterocycles. The fourth-order valence-corrected chi connectivity index (χ4v) is 4.09. The lowest BCUT2D eigenvalue weighted by atomic mass is 9.78. The molecule has 1 fully saturated rings. The number of unbranched alkanes of at least 4 members (excludes halogenated alkanes) is 5. The second-order valence-electron chi connectivity index (χ2n) is 8.66. The summed E-state index contributed by atoms with van der Waals surface area (Å²) in [6.07, 6.45) is 8.55. The van der Waals surface area contributed by atoms with Gasteiger partial charge in [0.15, 0.2) is 0 Å². The van der Waals surface area contributed by atoms with Crippen LogP contribution < -0.4 is 11.6 Å². The summed E-state index contributed by atoms with van der Waals surface area (Å²) in [6, 6.07) is -0.256. The molecule has 152 valence electrons. The summed E-state index contributed by atoms with van der Waals surface area (Å²) < 4.78 is 0. The third-order valence-electron chi connectivity index (χ3n) is 5.13. The Labute approximate surface area is 158 Å². The van der Waals surface area contributed by atoms with Gasteiger partial charge in [-0.1, -0.05) is 39.0 Å². The van der Waals surface area contributed by atoms with E-state index in [2.05, 4.69) is 34.6 Å². The van der Waals surface area contributed by atoms with Crippen molar-refractivity contribution in [1.29, 1.82) is 0 Å². The number of amides is 2. The zero-order valence-electron chi connectivity index (χ0n) is 17.2. The topological polar surface area (TPSA) is 102 Å². The summed E-state index contributed by atoms with van der Waals surface area (Å²) in [4.78, 5) is 29.2. The quantitative estimate of drug-likeness (QED) is 0.213. The predicted molar refractivity (Wildman–Crippen MR) is 103 cm³/mol. The van der Waals surface area contributed by atoms with E-state index in [9.17, 15) is 9.59 Å². The van der Waals surface area contributed by atoms with Crippen LogP contribution in [-0.2, 0) is 14.4 Å². The van der Waals surface area contributed by atoms with Gasteiger partial charge in [-0.2, -0.15) is 5.06 Å². The molecule has 0 atom stereocenters. The lowest BCUT2D eigenvalue weighted by molar-refractivity contribution is -0.288. The van der Waals surface area contributed by atoms with Crippen molar-refractivity contribution in [3.05, 3.63) is 0 Å². The van der Waals surface area contributed by atoms with Crippen molar-refractivity contribution in [3.8, 4) is 0 Å². The number of carbonyl (C=O) groups is 2. The van der Waals surface area contributed by atoms with Crippen LogP contribution in [0.25, 0.3) is 0 Å². The molecule has 0 spiro atoms. The maximum absolute atomic E-state index is 11.8. The Morgan fingerprint density at radius 2 is 1.54 bits per heavy atom. The standard InChI is InChI=1S/C19H38N4O3/c1-6-7-8-9-10-11-12-26-23-18(2,3)13-15(14-19(23,4)5)22(21)17(25)16(20)24/h15H,6-14,21H2,1-5H3,(H2,20,24). The van der Waals surface area contributed by atoms with Crippen molar-refractivity contribution >= 4 is 11.8 Å². The Morgan fingerprint density at radius 1 is 1.04 bits per heavy atom. The van der Waals surface area contributed by atoms with E-state index in [1.165, 1.54) is 32.1 Å². The van der Waals surface area contributed by atoms with Gasteiger partial charge < -0.3 is 5.73 Å². The van der Waals surface area contributed by atoms with Crippen LogP contribution in [0.1, 0.15) is 86.0 Å². The number of primary amides is 1. The normalized spacial score (nSPS) is 20.1. The minimum Gasteiger partial charge on any atom is -0.361 e. The molecular formula is C19H38N4O3. The van der Waals surface area contributed by atoms with Gasteiger partial charge in [0, 0.05) is 11.1 Å². The van der Waals surface area contributed by atoms with Gasteiger partial charge >= 0.3 is 11.8 Å². The van der Waals surface area contributed by atoms with Gasteiger partial charge in [-0.15, -0.1) is 0 Å². The first-order chi connectivity index (χ1) is 12.0. The van der Waals surface area contributed by atoms with Gasteiger partial charge in [0.25, 0.3) is 0 Å². The van der Waals surface area contributed by atoms with Gasteiger partial charge in [-0.3, -0.25) is 19.4 Å². The molecule has 0 aromatic heterocycles. The summed E-state index contributed by atoms with van der Waals surface area (Å²) in [7, 11) is 0. The Bertz CT molecular complexity index is 461. The summed E-state index contributed by atoms with van der Waals surface area (Å²) in [5.41, 5.74) is 4.45. The van der Waals surface area contributed by atoms with Crippen molar-refractivity contribution in [1.82, 2.24) is 10.1 Å². The second kappa shape index (κ2) is 9.67. The Morgan fingerprint density at radius 3 is 2.04 bits per heavy atom. The molecule has 1 heterocycles. The molecule has 0 unspecified atom stereocenters. The maximum atomic E-state index is 11.8. The Hall–Kier alpha value is -1.18. The number of carbonyl (C=O) groups excluding carboxylic acids is 2. The van der Waals surface area contributed by atoms with E-state index in [0.29, 0.717) is 19.4 Å². The van der Waals surface area contributed by atoms with Crippen molar-refractivity contribution in [2.24, 2.45) is 11.6 Å². The summed E-state index contributed by atoms with van der Waals surface area (Å²) in [6.45, 7) is 11.2. The highest BCUT2D eigenvalue weighted by molar-refractivity contribution is 6.34. The zero-order chi connectivity index (χ0) is 20.0. The molecule has 26 heavy (non-hydrogen) atoms. The fourth-order valence-electron chi connectivity index (χ4n) is 4.09. The summed E-state index contributed by atoms with van der Waals surface area (Å²) in [5.74, 6) is 4.02. The van der Waals surface area contributed by atoms with Crippen molar-refractivity contribution in [2.75, 3.05) is 6.61 Å². The largest absolute Gasteiger partial charge is 0.361 e. The van der Waals surface area contributed by atoms with Crippen LogP contribution in [0.2, 0.25) is 0 Å². The highest BCUT2D eigenvalue weighted by Gasteiger charge is 2.48. The minimum absolute atomic E-state index is 0.256. The number of nitrogens with zero attached hydrogens (tertiary/aromatic N) is 2. The average Bonchev–Trinajstić information content (AvgIpc) is 2.53. The first kappa shape index (κ1) is 22.9. The third kappa shape index (κ3) is 6.21. The van der Waals surface area contributed by atoms with Crippen LogP contribution >= 0.6 is 0 Å². The summed E-state index contributed by atoms with van der Waals surface area (Å²) >= 11 is 0. The van der Waals surface area contributed by atoms with Gasteiger partial charge in [-0.05, 0) is 47.0 Å². The summed E-state index contributed by atoms with van der Waals surface area (Å²) in [5, 5.41) is 3.04. The molecule has 1 aliphatic rings. The molecule has 0 aromatic rings. The van der Waals surface area contributed by atoms with Gasteiger partial charge in [-0.25, -0.2) is 5.84 Å². The molecule has 0 radical (unpaired) electrons. The fraction of sp³-hybridized carbons (Fsp3) is 0.895. The SMILES string of the molecule is CCCCCCCCON1C(C)(C)CC(N(N)C(=O)C(N)=O)CC1(C)C. The van der Waals surface area contributed by atoms with Gasteiger partial charge in [0.2, 0.25) is 0 Å². The molecule has 0 bridgehead atoms. The van der Waals surface area contributed by atoms with Crippen LogP contribution in [0.5, 0.6) is 0 Å². The lowest BCUT2D eigenvalue weighted by Gasteiger charge is -2.54. The molecule has 0 aromatic carbocycles. The number of hydrazine groups is 1. The Kier molecular flexibility index (Phi) is 8.50. The predicted octanol–water partition coefficient (Wildman–Crippen LogP) is 2.49. The van der Waals surface area contributed by atoms with E-state index in [1.54, 1.807) is 0 Å². The molecule has 1 rings (SSSR count). The Balaban J connectivity index is 2.62. The minimum atomic E-state index is -1.02. The smallest absolute Gasteiger partial charge is 0.325 e. The van der Waals surface area contributed by atoms with Crippen molar-refractivity contribution < 1.29 is 14.4 Å².